The third kappa shape index (κ3) is 3.59. The van der Waals surface area contributed by atoms with Gasteiger partial charge in [0.25, 0.3) is 0 Å². The van der Waals surface area contributed by atoms with E-state index in [0.29, 0.717) is 12.8 Å². The zero-order valence-corrected chi connectivity index (χ0v) is 11.9. The molecule has 0 aromatic carbocycles. The smallest absolute Gasteiger partial charge is 0.306 e. The number of aliphatic carboxylic acids is 1. The van der Waals surface area contributed by atoms with Crippen molar-refractivity contribution in [2.24, 2.45) is 5.92 Å². The van der Waals surface area contributed by atoms with Crippen LogP contribution in [-0.2, 0) is 16.1 Å². The van der Waals surface area contributed by atoms with Crippen LogP contribution in [0, 0.1) is 19.8 Å². The fraction of sp³-hybridized carbons (Fsp3) is 0.643. The largest absolute Gasteiger partial charge is 0.481 e. The summed E-state index contributed by atoms with van der Waals surface area (Å²) in [5.74, 6) is -1.04. The molecule has 0 bridgehead atoms. The summed E-state index contributed by atoms with van der Waals surface area (Å²) in [6.45, 7) is 4.04. The van der Waals surface area contributed by atoms with E-state index in [2.05, 4.69) is 10.4 Å². The number of amides is 1. The topological polar surface area (TPSA) is 84.2 Å². The van der Waals surface area contributed by atoms with Gasteiger partial charge < -0.3 is 10.4 Å². The highest BCUT2D eigenvalue weighted by atomic mass is 16.4. The van der Waals surface area contributed by atoms with Crippen LogP contribution in [0.1, 0.15) is 37.1 Å². The average Bonchev–Trinajstić information content (AvgIpc) is 2.68. The maximum atomic E-state index is 12.0. The lowest BCUT2D eigenvalue weighted by atomic mass is 9.86. The highest BCUT2D eigenvalue weighted by Gasteiger charge is 2.26. The summed E-state index contributed by atoms with van der Waals surface area (Å²) in [5, 5.41) is 16.2. The molecule has 1 saturated carbocycles. The van der Waals surface area contributed by atoms with Crippen LogP contribution in [0.5, 0.6) is 0 Å². The van der Waals surface area contributed by atoms with Crippen molar-refractivity contribution in [2.75, 3.05) is 0 Å². The number of aromatic nitrogens is 2. The second-order valence-corrected chi connectivity index (χ2v) is 5.54. The third-order valence-corrected chi connectivity index (χ3v) is 3.84. The summed E-state index contributed by atoms with van der Waals surface area (Å²) in [5.41, 5.74) is 1.87. The standard InChI is InChI=1S/C14H21N3O3/c1-9-7-10(2)17(16-9)8-13(18)15-12-5-3-11(4-6-12)14(19)20/h7,11-12H,3-6,8H2,1-2H3,(H,15,18)(H,19,20). The van der Waals surface area contributed by atoms with Gasteiger partial charge in [0.15, 0.2) is 0 Å². The van der Waals surface area contributed by atoms with Crippen molar-refractivity contribution in [2.45, 2.75) is 52.1 Å². The molecule has 110 valence electrons. The summed E-state index contributed by atoms with van der Waals surface area (Å²) in [6.07, 6.45) is 2.75. The van der Waals surface area contributed by atoms with Crippen molar-refractivity contribution < 1.29 is 14.7 Å². The second kappa shape index (κ2) is 6.07. The lowest BCUT2D eigenvalue weighted by Gasteiger charge is -2.26. The monoisotopic (exact) mass is 279 g/mol. The Labute approximate surface area is 118 Å². The Morgan fingerprint density at radius 3 is 2.50 bits per heavy atom. The van der Waals surface area contributed by atoms with Crippen LogP contribution in [0.15, 0.2) is 6.07 Å². The van der Waals surface area contributed by atoms with Crippen LogP contribution in [0.4, 0.5) is 0 Å². The van der Waals surface area contributed by atoms with E-state index in [9.17, 15) is 9.59 Å². The molecule has 2 rings (SSSR count). The van der Waals surface area contributed by atoms with Crippen molar-refractivity contribution in [1.82, 2.24) is 15.1 Å². The first kappa shape index (κ1) is 14.6. The van der Waals surface area contributed by atoms with E-state index < -0.39 is 5.97 Å². The molecule has 0 aliphatic heterocycles. The fourth-order valence-corrected chi connectivity index (χ4v) is 2.73. The minimum absolute atomic E-state index is 0.0602. The Morgan fingerprint density at radius 2 is 2.00 bits per heavy atom. The molecule has 1 heterocycles. The molecule has 0 radical (unpaired) electrons. The first-order valence-corrected chi connectivity index (χ1v) is 6.99. The van der Waals surface area contributed by atoms with Gasteiger partial charge in [-0.05, 0) is 45.6 Å². The molecule has 20 heavy (non-hydrogen) atoms. The average molecular weight is 279 g/mol. The van der Waals surface area contributed by atoms with E-state index in [1.165, 1.54) is 0 Å². The summed E-state index contributed by atoms with van der Waals surface area (Å²) in [7, 11) is 0. The molecule has 1 aromatic heterocycles. The van der Waals surface area contributed by atoms with Crippen LogP contribution in [0.3, 0.4) is 0 Å². The number of carbonyl (C=O) groups is 2. The van der Waals surface area contributed by atoms with Crippen molar-refractivity contribution in [1.29, 1.82) is 0 Å². The molecule has 1 fully saturated rings. The highest BCUT2D eigenvalue weighted by molar-refractivity contribution is 5.76. The van der Waals surface area contributed by atoms with E-state index in [1.54, 1.807) is 4.68 Å². The van der Waals surface area contributed by atoms with Crippen LogP contribution >= 0.6 is 0 Å². The maximum absolute atomic E-state index is 12.0. The van der Waals surface area contributed by atoms with Gasteiger partial charge in [0.05, 0.1) is 11.6 Å². The molecule has 6 heteroatoms. The zero-order chi connectivity index (χ0) is 14.7. The maximum Gasteiger partial charge on any atom is 0.306 e. The zero-order valence-electron chi connectivity index (χ0n) is 11.9. The van der Waals surface area contributed by atoms with Crippen LogP contribution in [-0.4, -0.2) is 32.8 Å². The molecule has 0 atom stereocenters. The Morgan fingerprint density at radius 1 is 1.35 bits per heavy atom. The summed E-state index contributed by atoms with van der Waals surface area (Å²) in [4.78, 5) is 22.8. The van der Waals surface area contributed by atoms with Gasteiger partial charge in [-0.25, -0.2) is 0 Å². The number of carbonyl (C=O) groups excluding carboxylic acids is 1. The second-order valence-electron chi connectivity index (χ2n) is 5.54. The first-order valence-electron chi connectivity index (χ1n) is 6.99. The quantitative estimate of drug-likeness (QED) is 0.869. The SMILES string of the molecule is Cc1cc(C)n(CC(=O)NC2CCC(C(=O)O)CC2)n1. The lowest BCUT2D eigenvalue weighted by Crippen LogP contribution is -2.40. The van der Waals surface area contributed by atoms with Crippen molar-refractivity contribution >= 4 is 11.9 Å². The van der Waals surface area contributed by atoms with Crippen molar-refractivity contribution in [3.05, 3.63) is 17.5 Å². The van der Waals surface area contributed by atoms with Gasteiger partial charge >= 0.3 is 5.97 Å². The van der Waals surface area contributed by atoms with E-state index in [1.807, 2.05) is 19.9 Å². The minimum atomic E-state index is -0.725. The molecule has 1 aliphatic rings. The van der Waals surface area contributed by atoms with Gasteiger partial charge in [0.1, 0.15) is 6.54 Å². The lowest BCUT2D eigenvalue weighted by molar-refractivity contribution is -0.142. The van der Waals surface area contributed by atoms with E-state index in [-0.39, 0.29) is 24.4 Å². The molecular formula is C14H21N3O3. The van der Waals surface area contributed by atoms with Crippen LogP contribution < -0.4 is 5.32 Å². The molecular weight excluding hydrogens is 258 g/mol. The summed E-state index contributed by atoms with van der Waals surface area (Å²) >= 11 is 0. The van der Waals surface area contributed by atoms with Gasteiger partial charge in [-0.3, -0.25) is 14.3 Å². The first-order chi connectivity index (χ1) is 9.45. The fourth-order valence-electron chi connectivity index (χ4n) is 2.73. The number of hydrogen-bond donors (Lipinski definition) is 2. The van der Waals surface area contributed by atoms with Gasteiger partial charge in [-0.2, -0.15) is 5.10 Å². The number of aryl methyl sites for hydroxylation is 2. The number of carboxylic acids is 1. The molecule has 0 unspecified atom stereocenters. The van der Waals surface area contributed by atoms with Gasteiger partial charge in [-0.15, -0.1) is 0 Å². The minimum Gasteiger partial charge on any atom is -0.481 e. The van der Waals surface area contributed by atoms with Crippen molar-refractivity contribution in [3.63, 3.8) is 0 Å². The number of nitrogens with one attached hydrogen (secondary N) is 1. The molecule has 0 saturated heterocycles. The molecule has 6 nitrogen and oxygen atoms in total. The Bertz CT molecular complexity index is 502. The Balaban J connectivity index is 1.81. The predicted octanol–water partition coefficient (Wildman–Crippen LogP) is 1.26. The van der Waals surface area contributed by atoms with E-state index in [4.69, 9.17) is 5.11 Å². The normalized spacial score (nSPS) is 22.5. The number of hydrogen-bond acceptors (Lipinski definition) is 3. The van der Waals surface area contributed by atoms with Crippen LogP contribution in [0.2, 0.25) is 0 Å². The van der Waals surface area contributed by atoms with Gasteiger partial charge in [0.2, 0.25) is 5.91 Å². The van der Waals surface area contributed by atoms with E-state index >= 15 is 0 Å². The van der Waals surface area contributed by atoms with Crippen molar-refractivity contribution in [3.8, 4) is 0 Å². The van der Waals surface area contributed by atoms with E-state index in [0.717, 1.165) is 24.2 Å². The molecule has 1 aliphatic carbocycles. The Kier molecular flexibility index (Phi) is 4.42. The molecule has 2 N–H and O–H groups in total. The summed E-state index contributed by atoms with van der Waals surface area (Å²) < 4.78 is 1.69. The molecule has 1 aromatic rings. The Hall–Kier alpha value is -1.85. The number of carboxylic acid groups (broad SMARTS) is 1. The van der Waals surface area contributed by atoms with Gasteiger partial charge in [-0.1, -0.05) is 0 Å². The van der Waals surface area contributed by atoms with Gasteiger partial charge in [0, 0.05) is 11.7 Å². The summed E-state index contributed by atoms with van der Waals surface area (Å²) in [6, 6.07) is 2.03. The molecule has 1 amide bonds. The highest BCUT2D eigenvalue weighted by Crippen LogP contribution is 2.24. The predicted molar refractivity (Wildman–Crippen MR) is 73.2 cm³/mol. The number of nitrogens with zero attached hydrogens (tertiary/aromatic N) is 2. The third-order valence-electron chi connectivity index (χ3n) is 3.84. The molecule has 0 spiro atoms. The van der Waals surface area contributed by atoms with Crippen LogP contribution in [0.25, 0.3) is 0 Å². The number of rotatable bonds is 4.